The maximum atomic E-state index is 2.46. The summed E-state index contributed by atoms with van der Waals surface area (Å²) in [6.07, 6.45) is 5.74. The fourth-order valence-corrected chi connectivity index (χ4v) is 5.55. The van der Waals surface area contributed by atoms with Crippen LogP contribution in [0.3, 0.4) is 0 Å². The van der Waals surface area contributed by atoms with Gasteiger partial charge in [-0.1, -0.05) is 71.0 Å². The van der Waals surface area contributed by atoms with Gasteiger partial charge in [0, 0.05) is 0 Å². The van der Waals surface area contributed by atoms with Gasteiger partial charge in [-0.15, -0.1) is 0 Å². The molecule has 0 saturated heterocycles. The van der Waals surface area contributed by atoms with E-state index in [1.54, 1.807) is 10.4 Å². The second kappa shape index (κ2) is 4.06. The molecule has 0 aromatic heterocycles. The third kappa shape index (κ3) is 1.92. The van der Waals surface area contributed by atoms with Crippen molar-refractivity contribution in [1.82, 2.24) is 0 Å². The summed E-state index contributed by atoms with van der Waals surface area (Å²) in [5, 5.41) is 3.24. The Kier molecular flexibility index (Phi) is 2.89. The fraction of sp³-hybridized carbons (Fsp3) is 0.333. The third-order valence-electron chi connectivity index (χ3n) is 3.69. The fourth-order valence-electron chi connectivity index (χ4n) is 2.51. The minimum absolute atomic E-state index is 1.17. The molecule has 1 aliphatic rings. The molecule has 0 amide bonds. The Balaban J connectivity index is 2.39. The first-order chi connectivity index (χ1) is 7.51. The Morgan fingerprint density at radius 3 is 2.12 bits per heavy atom. The quantitative estimate of drug-likeness (QED) is 0.677. The SMILES string of the molecule is CC1=C([Si](C)(C)c2ccc(C)cc2)CC=C1. The van der Waals surface area contributed by atoms with Crippen LogP contribution in [-0.4, -0.2) is 8.07 Å². The normalized spacial score (nSPS) is 16.0. The number of aryl methyl sites for hydroxylation is 1. The molecule has 0 nitrogen and oxygen atoms in total. The lowest BCUT2D eigenvalue weighted by atomic mass is 10.2. The van der Waals surface area contributed by atoms with Gasteiger partial charge in [0.15, 0.2) is 0 Å². The van der Waals surface area contributed by atoms with Crippen LogP contribution in [0, 0.1) is 6.92 Å². The van der Waals surface area contributed by atoms with E-state index in [0.717, 1.165) is 0 Å². The monoisotopic (exact) mass is 228 g/mol. The number of rotatable bonds is 2. The van der Waals surface area contributed by atoms with Crippen LogP contribution in [0.15, 0.2) is 47.2 Å². The summed E-state index contributed by atoms with van der Waals surface area (Å²) in [6, 6.07) is 9.12. The van der Waals surface area contributed by atoms with Crippen LogP contribution < -0.4 is 5.19 Å². The van der Waals surface area contributed by atoms with Gasteiger partial charge >= 0.3 is 0 Å². The number of hydrogen-bond donors (Lipinski definition) is 0. The second-order valence-corrected chi connectivity index (χ2v) is 9.69. The van der Waals surface area contributed by atoms with Crippen molar-refractivity contribution in [2.45, 2.75) is 33.4 Å². The Morgan fingerprint density at radius 1 is 1.00 bits per heavy atom. The van der Waals surface area contributed by atoms with E-state index >= 15 is 0 Å². The molecule has 1 aliphatic carbocycles. The lowest BCUT2D eigenvalue weighted by molar-refractivity contribution is 1.33. The lowest BCUT2D eigenvalue weighted by Gasteiger charge is -2.26. The average Bonchev–Trinajstić information content (AvgIpc) is 2.66. The van der Waals surface area contributed by atoms with Crippen molar-refractivity contribution < 1.29 is 0 Å². The van der Waals surface area contributed by atoms with Crippen molar-refractivity contribution in [3.63, 3.8) is 0 Å². The van der Waals surface area contributed by atoms with Gasteiger partial charge in [-0.3, -0.25) is 0 Å². The lowest BCUT2D eigenvalue weighted by Crippen LogP contribution is -2.43. The van der Waals surface area contributed by atoms with Crippen LogP contribution in [-0.2, 0) is 0 Å². The Bertz CT molecular complexity index is 447. The standard InChI is InChI=1S/C15H20Si/c1-12-8-10-14(11-9-12)16(3,4)15-7-5-6-13(15)2/h5-6,8-11H,7H2,1-4H3. The maximum absolute atomic E-state index is 2.46. The van der Waals surface area contributed by atoms with Crippen LogP contribution >= 0.6 is 0 Å². The van der Waals surface area contributed by atoms with Gasteiger partial charge in [0.25, 0.3) is 0 Å². The molecule has 16 heavy (non-hydrogen) atoms. The molecule has 0 N–H and O–H groups in total. The predicted octanol–water partition coefficient (Wildman–Crippen LogP) is 3.73. The van der Waals surface area contributed by atoms with E-state index in [1.807, 2.05) is 0 Å². The summed E-state index contributed by atoms with van der Waals surface area (Å²) in [7, 11) is -1.42. The van der Waals surface area contributed by atoms with Crippen LogP contribution in [0.1, 0.15) is 18.9 Å². The smallest absolute Gasteiger partial charge is 0.0806 e. The molecule has 1 aromatic carbocycles. The molecule has 1 heteroatoms. The van der Waals surface area contributed by atoms with Gasteiger partial charge < -0.3 is 0 Å². The Hall–Kier alpha value is -1.08. The first-order valence-electron chi connectivity index (χ1n) is 5.96. The first kappa shape index (κ1) is 11.4. The van der Waals surface area contributed by atoms with Crippen LogP contribution in [0.5, 0.6) is 0 Å². The molecule has 0 fully saturated rings. The summed E-state index contributed by atoms with van der Waals surface area (Å²) >= 11 is 0. The minimum atomic E-state index is -1.42. The van der Waals surface area contributed by atoms with E-state index in [2.05, 4.69) is 63.4 Å². The number of allylic oxidation sites excluding steroid dienone is 4. The minimum Gasteiger partial charge on any atom is -0.0806 e. The van der Waals surface area contributed by atoms with Crippen molar-refractivity contribution in [3.05, 3.63) is 52.8 Å². The summed E-state index contributed by atoms with van der Waals surface area (Å²) in [5.41, 5.74) is 2.85. The molecule has 0 spiro atoms. The van der Waals surface area contributed by atoms with Crippen molar-refractivity contribution in [3.8, 4) is 0 Å². The first-order valence-corrected chi connectivity index (χ1v) is 8.96. The zero-order valence-corrected chi connectivity index (χ0v) is 11.7. The molecule has 0 heterocycles. The molecule has 2 rings (SSSR count). The highest BCUT2D eigenvalue weighted by Gasteiger charge is 2.29. The zero-order valence-electron chi connectivity index (χ0n) is 10.7. The molecule has 0 bridgehead atoms. The van der Waals surface area contributed by atoms with Crippen LogP contribution in [0.25, 0.3) is 0 Å². The topological polar surface area (TPSA) is 0 Å². The largest absolute Gasteiger partial charge is 0.108 e. The van der Waals surface area contributed by atoms with Gasteiger partial charge in [0.1, 0.15) is 8.07 Å². The highest BCUT2D eigenvalue weighted by atomic mass is 28.3. The van der Waals surface area contributed by atoms with Gasteiger partial charge in [-0.05, 0) is 20.3 Å². The van der Waals surface area contributed by atoms with E-state index in [0.29, 0.717) is 0 Å². The molecule has 1 aromatic rings. The van der Waals surface area contributed by atoms with Crippen molar-refractivity contribution in [2.75, 3.05) is 0 Å². The summed E-state index contributed by atoms with van der Waals surface area (Å²) in [5.74, 6) is 0. The van der Waals surface area contributed by atoms with Gasteiger partial charge in [0.05, 0.1) is 0 Å². The molecule has 84 valence electrons. The van der Waals surface area contributed by atoms with Gasteiger partial charge in [-0.25, -0.2) is 0 Å². The van der Waals surface area contributed by atoms with Crippen LogP contribution in [0.2, 0.25) is 13.1 Å². The maximum Gasteiger partial charge on any atom is 0.108 e. The van der Waals surface area contributed by atoms with E-state index in [9.17, 15) is 0 Å². The van der Waals surface area contributed by atoms with Gasteiger partial charge in [0.2, 0.25) is 0 Å². The highest BCUT2D eigenvalue weighted by Crippen LogP contribution is 2.27. The molecule has 0 radical (unpaired) electrons. The Labute approximate surface area is 99.7 Å². The van der Waals surface area contributed by atoms with E-state index < -0.39 is 8.07 Å². The number of hydrogen-bond acceptors (Lipinski definition) is 0. The predicted molar refractivity (Wildman–Crippen MR) is 74.8 cm³/mol. The van der Waals surface area contributed by atoms with E-state index in [1.165, 1.54) is 17.6 Å². The number of benzene rings is 1. The molecule has 0 atom stereocenters. The van der Waals surface area contributed by atoms with E-state index in [4.69, 9.17) is 0 Å². The van der Waals surface area contributed by atoms with Crippen LogP contribution in [0.4, 0.5) is 0 Å². The summed E-state index contributed by atoms with van der Waals surface area (Å²) in [4.78, 5) is 0. The molecule has 0 aliphatic heterocycles. The Morgan fingerprint density at radius 2 is 1.62 bits per heavy atom. The second-order valence-electron chi connectivity index (χ2n) is 5.26. The highest BCUT2D eigenvalue weighted by molar-refractivity contribution is 6.95. The van der Waals surface area contributed by atoms with Gasteiger partial charge in [-0.2, -0.15) is 0 Å². The van der Waals surface area contributed by atoms with Crippen molar-refractivity contribution in [1.29, 1.82) is 0 Å². The molecule has 0 saturated carbocycles. The summed E-state index contributed by atoms with van der Waals surface area (Å²) < 4.78 is 0. The molecule has 0 unspecified atom stereocenters. The zero-order chi connectivity index (χ0) is 11.8. The molecular formula is C15H20Si. The average molecular weight is 228 g/mol. The molecular weight excluding hydrogens is 208 g/mol. The van der Waals surface area contributed by atoms with Crippen molar-refractivity contribution in [2.24, 2.45) is 0 Å². The summed E-state index contributed by atoms with van der Waals surface area (Å²) in [6.45, 7) is 9.33. The van der Waals surface area contributed by atoms with Crippen molar-refractivity contribution >= 4 is 13.3 Å². The third-order valence-corrected chi connectivity index (χ3v) is 7.58. The van der Waals surface area contributed by atoms with E-state index in [-0.39, 0.29) is 0 Å².